The molecular weight excluding hydrogens is 226 g/mol. The lowest BCUT2D eigenvalue weighted by molar-refractivity contribution is -0.160. The highest BCUT2D eigenvalue weighted by atomic mass is 16.7. The largest absolute Gasteiger partial charge is 0.509 e. The minimum Gasteiger partial charge on any atom is -0.478 e. The molecule has 1 aromatic rings. The predicted octanol–water partition coefficient (Wildman–Crippen LogP) is 1.35. The fraction of sp³-hybridized carbons (Fsp3) is 0.273. The molecule has 0 aliphatic rings. The maximum atomic E-state index is 11.2. The van der Waals surface area contributed by atoms with E-state index in [2.05, 4.69) is 4.74 Å². The number of benzene rings is 1. The molecule has 1 atom stereocenters. The molecule has 0 bridgehead atoms. The van der Waals surface area contributed by atoms with Gasteiger partial charge >= 0.3 is 12.1 Å². The molecule has 3 N–H and O–H groups in total. The molecule has 6 nitrogen and oxygen atoms in total. The first-order valence-electron chi connectivity index (χ1n) is 4.77. The molecule has 1 unspecified atom stereocenters. The van der Waals surface area contributed by atoms with Crippen LogP contribution < -0.4 is 5.73 Å². The van der Waals surface area contributed by atoms with Gasteiger partial charge in [0.05, 0.1) is 7.11 Å². The Morgan fingerprint density at radius 2 is 1.94 bits per heavy atom. The zero-order valence-corrected chi connectivity index (χ0v) is 9.47. The first kappa shape index (κ1) is 12.8. The molecule has 0 aromatic heterocycles. The fourth-order valence-electron chi connectivity index (χ4n) is 1.35. The number of anilines is 1. The van der Waals surface area contributed by atoms with E-state index >= 15 is 0 Å². The summed E-state index contributed by atoms with van der Waals surface area (Å²) in [5.74, 6) is -1.33. The van der Waals surface area contributed by atoms with E-state index in [4.69, 9.17) is 15.6 Å². The summed E-state index contributed by atoms with van der Waals surface area (Å²) in [6.07, 6.45) is -1.09. The second-order valence-corrected chi connectivity index (χ2v) is 3.48. The monoisotopic (exact) mass is 239 g/mol. The molecule has 0 aliphatic carbocycles. The van der Waals surface area contributed by atoms with Crippen LogP contribution >= 0.6 is 0 Å². The third-order valence-electron chi connectivity index (χ3n) is 2.34. The average molecular weight is 239 g/mol. The van der Waals surface area contributed by atoms with Crippen LogP contribution in [-0.2, 0) is 19.9 Å². The van der Waals surface area contributed by atoms with Gasteiger partial charge in [0, 0.05) is 11.3 Å². The van der Waals surface area contributed by atoms with Crippen molar-refractivity contribution >= 4 is 17.8 Å². The number of carboxylic acids is 1. The van der Waals surface area contributed by atoms with Gasteiger partial charge in [0.2, 0.25) is 5.60 Å². The number of carbonyl (C=O) groups is 2. The fourth-order valence-corrected chi connectivity index (χ4v) is 1.35. The van der Waals surface area contributed by atoms with Crippen molar-refractivity contribution in [1.82, 2.24) is 0 Å². The van der Waals surface area contributed by atoms with Gasteiger partial charge in [-0.3, -0.25) is 0 Å². The summed E-state index contributed by atoms with van der Waals surface area (Å²) in [7, 11) is 1.10. The lowest BCUT2D eigenvalue weighted by atomic mass is 9.94. The van der Waals surface area contributed by atoms with Crippen LogP contribution in [0.4, 0.5) is 10.5 Å². The summed E-state index contributed by atoms with van der Waals surface area (Å²) < 4.78 is 9.07. The molecule has 0 spiro atoms. The van der Waals surface area contributed by atoms with Gasteiger partial charge in [-0.25, -0.2) is 9.59 Å². The second kappa shape index (κ2) is 4.73. The molecule has 1 aromatic carbocycles. The van der Waals surface area contributed by atoms with E-state index in [1.165, 1.54) is 19.1 Å². The molecule has 6 heteroatoms. The maximum Gasteiger partial charge on any atom is 0.509 e. The van der Waals surface area contributed by atoms with Gasteiger partial charge in [-0.1, -0.05) is 18.2 Å². The van der Waals surface area contributed by atoms with Gasteiger partial charge in [0.1, 0.15) is 0 Å². The number of nitrogen functional groups attached to an aromatic ring is 1. The molecule has 0 saturated carbocycles. The van der Waals surface area contributed by atoms with Crippen molar-refractivity contribution in [2.75, 3.05) is 12.8 Å². The van der Waals surface area contributed by atoms with Crippen molar-refractivity contribution < 1.29 is 24.2 Å². The minimum atomic E-state index is -1.88. The van der Waals surface area contributed by atoms with Crippen molar-refractivity contribution in [3.8, 4) is 0 Å². The maximum absolute atomic E-state index is 11.2. The van der Waals surface area contributed by atoms with Crippen LogP contribution in [0.5, 0.6) is 0 Å². The summed E-state index contributed by atoms with van der Waals surface area (Å²) in [6.45, 7) is 1.23. The summed E-state index contributed by atoms with van der Waals surface area (Å²) in [4.78, 5) is 22.3. The van der Waals surface area contributed by atoms with Crippen LogP contribution in [0.25, 0.3) is 0 Å². The van der Waals surface area contributed by atoms with E-state index < -0.39 is 17.7 Å². The van der Waals surface area contributed by atoms with Crippen molar-refractivity contribution in [3.63, 3.8) is 0 Å². The summed E-state index contributed by atoms with van der Waals surface area (Å²) in [5, 5.41) is 9.17. The summed E-state index contributed by atoms with van der Waals surface area (Å²) in [5.41, 5.74) is 4.21. The topological polar surface area (TPSA) is 98.8 Å². The third-order valence-corrected chi connectivity index (χ3v) is 2.34. The SMILES string of the molecule is COC(=O)OC(C)(C(=O)O)c1ccccc1N. The molecule has 0 fully saturated rings. The number of carbonyl (C=O) groups excluding carboxylic acids is 1. The third kappa shape index (κ3) is 2.47. The number of methoxy groups -OCH3 is 1. The number of aliphatic carboxylic acids is 1. The van der Waals surface area contributed by atoms with Crippen molar-refractivity contribution in [2.45, 2.75) is 12.5 Å². The van der Waals surface area contributed by atoms with Crippen molar-refractivity contribution in [1.29, 1.82) is 0 Å². The van der Waals surface area contributed by atoms with Crippen LogP contribution in [0.3, 0.4) is 0 Å². The smallest absolute Gasteiger partial charge is 0.478 e. The molecular formula is C11H13NO5. The van der Waals surface area contributed by atoms with Gasteiger partial charge in [-0.15, -0.1) is 0 Å². The standard InChI is InChI=1S/C11H13NO5/c1-11(9(13)14,17-10(15)16-2)7-5-3-4-6-8(7)12/h3-6H,12H2,1-2H3,(H,13,14). The first-order chi connectivity index (χ1) is 7.91. The number of carboxylic acid groups (broad SMARTS) is 1. The molecule has 17 heavy (non-hydrogen) atoms. The normalized spacial score (nSPS) is 13.5. The molecule has 0 heterocycles. The Bertz CT molecular complexity index is 445. The summed E-state index contributed by atoms with van der Waals surface area (Å²) >= 11 is 0. The van der Waals surface area contributed by atoms with E-state index in [1.54, 1.807) is 12.1 Å². The zero-order chi connectivity index (χ0) is 13.1. The van der Waals surface area contributed by atoms with Crippen LogP contribution in [0.1, 0.15) is 12.5 Å². The van der Waals surface area contributed by atoms with Crippen LogP contribution in [0.2, 0.25) is 0 Å². The van der Waals surface area contributed by atoms with Gasteiger partial charge in [-0.2, -0.15) is 0 Å². The average Bonchev–Trinajstić information content (AvgIpc) is 2.28. The number of nitrogens with two attached hydrogens (primary N) is 1. The highest BCUT2D eigenvalue weighted by Crippen LogP contribution is 2.30. The molecule has 1 rings (SSSR count). The highest BCUT2D eigenvalue weighted by Gasteiger charge is 2.41. The van der Waals surface area contributed by atoms with Gasteiger partial charge in [-0.05, 0) is 13.0 Å². The number of para-hydroxylation sites is 1. The Labute approximate surface area is 97.9 Å². The molecule has 0 aliphatic heterocycles. The van der Waals surface area contributed by atoms with Gasteiger partial charge in [0.15, 0.2) is 0 Å². The van der Waals surface area contributed by atoms with Crippen LogP contribution in [-0.4, -0.2) is 24.3 Å². The Morgan fingerprint density at radius 3 is 2.41 bits per heavy atom. The van der Waals surface area contributed by atoms with Crippen LogP contribution in [0.15, 0.2) is 24.3 Å². The number of hydrogen-bond acceptors (Lipinski definition) is 5. The summed E-state index contributed by atoms with van der Waals surface area (Å²) in [6, 6.07) is 6.26. The Balaban J connectivity index is 3.21. The Morgan fingerprint density at radius 1 is 1.35 bits per heavy atom. The molecule has 0 saturated heterocycles. The van der Waals surface area contributed by atoms with Gasteiger partial charge in [0.25, 0.3) is 0 Å². The van der Waals surface area contributed by atoms with E-state index in [1.807, 2.05) is 0 Å². The highest BCUT2D eigenvalue weighted by molar-refractivity contribution is 5.83. The second-order valence-electron chi connectivity index (χ2n) is 3.48. The van der Waals surface area contributed by atoms with Gasteiger partial charge < -0.3 is 20.3 Å². The van der Waals surface area contributed by atoms with Crippen molar-refractivity contribution in [3.05, 3.63) is 29.8 Å². The lowest BCUT2D eigenvalue weighted by Crippen LogP contribution is -2.38. The van der Waals surface area contributed by atoms with E-state index in [0.717, 1.165) is 7.11 Å². The molecule has 92 valence electrons. The Kier molecular flexibility index (Phi) is 3.57. The number of ether oxygens (including phenoxy) is 2. The van der Waals surface area contributed by atoms with Crippen molar-refractivity contribution in [2.24, 2.45) is 0 Å². The van der Waals surface area contributed by atoms with Crippen LogP contribution in [0, 0.1) is 0 Å². The predicted molar refractivity (Wildman–Crippen MR) is 59.3 cm³/mol. The van der Waals surface area contributed by atoms with E-state index in [-0.39, 0.29) is 11.3 Å². The lowest BCUT2D eigenvalue weighted by Gasteiger charge is -2.25. The Hall–Kier alpha value is -2.24. The minimum absolute atomic E-state index is 0.193. The number of hydrogen-bond donors (Lipinski definition) is 2. The number of rotatable bonds is 3. The molecule has 0 amide bonds. The molecule has 0 radical (unpaired) electrons. The first-order valence-corrected chi connectivity index (χ1v) is 4.77. The zero-order valence-electron chi connectivity index (χ0n) is 9.47. The van der Waals surface area contributed by atoms with E-state index in [0.29, 0.717) is 0 Å². The van der Waals surface area contributed by atoms with E-state index in [9.17, 15) is 9.59 Å². The quantitative estimate of drug-likeness (QED) is 0.610.